The predicted molar refractivity (Wildman–Crippen MR) is 71.9 cm³/mol. The molecule has 0 spiro atoms. The van der Waals surface area contributed by atoms with Crippen LogP contribution in [0.15, 0.2) is 15.8 Å². The summed E-state index contributed by atoms with van der Waals surface area (Å²) < 4.78 is 22.7. The Balaban J connectivity index is 2.03. The van der Waals surface area contributed by atoms with Crippen molar-refractivity contribution in [3.8, 4) is 0 Å². The van der Waals surface area contributed by atoms with E-state index in [1.807, 2.05) is 4.98 Å². The lowest BCUT2D eigenvalue weighted by molar-refractivity contribution is 0.249. The molecule has 0 bridgehead atoms. The van der Waals surface area contributed by atoms with Crippen molar-refractivity contribution in [1.82, 2.24) is 15.3 Å². The number of nitrogens with one attached hydrogen (secondary N) is 4. The second-order valence-corrected chi connectivity index (χ2v) is 7.00. The van der Waals surface area contributed by atoms with Crippen molar-refractivity contribution >= 4 is 33.2 Å². The van der Waals surface area contributed by atoms with Gasteiger partial charge < -0.3 is 15.6 Å². The number of alkyl halides is 1. The van der Waals surface area contributed by atoms with Gasteiger partial charge in [0.1, 0.15) is 5.69 Å². The first-order valence-electron chi connectivity index (χ1n) is 5.51. The minimum absolute atomic E-state index is 0.172. The molecule has 1 aromatic heterocycles. The first kappa shape index (κ1) is 14.6. The molecule has 11 heteroatoms. The van der Waals surface area contributed by atoms with E-state index in [9.17, 15) is 22.8 Å². The highest BCUT2D eigenvalue weighted by molar-refractivity contribution is 7.91. The number of hydrogen-bond donors (Lipinski definition) is 4. The second-order valence-electron chi connectivity index (χ2n) is 4.28. The number of amides is 2. The fourth-order valence-electron chi connectivity index (χ4n) is 1.77. The van der Waals surface area contributed by atoms with Crippen LogP contribution >= 0.6 is 11.6 Å². The Hall–Kier alpha value is -1.81. The van der Waals surface area contributed by atoms with Crippen LogP contribution in [0.2, 0.25) is 0 Å². The van der Waals surface area contributed by atoms with E-state index in [-0.39, 0.29) is 17.2 Å². The zero-order chi connectivity index (χ0) is 14.9. The molecule has 1 saturated heterocycles. The van der Waals surface area contributed by atoms with Crippen molar-refractivity contribution < 1.29 is 13.2 Å². The van der Waals surface area contributed by atoms with Gasteiger partial charge in [-0.15, -0.1) is 11.6 Å². The molecule has 0 aromatic carbocycles. The van der Waals surface area contributed by atoms with Crippen LogP contribution in [-0.2, 0) is 9.84 Å². The third-order valence-corrected chi connectivity index (χ3v) is 5.04. The minimum atomic E-state index is -3.27. The van der Waals surface area contributed by atoms with Crippen molar-refractivity contribution in [2.45, 2.75) is 11.4 Å². The lowest BCUT2D eigenvalue weighted by Crippen LogP contribution is -2.43. The summed E-state index contributed by atoms with van der Waals surface area (Å²) in [6, 6.07) is -1.51. The number of H-pyrrole nitrogens is 2. The summed E-state index contributed by atoms with van der Waals surface area (Å²) in [5.74, 6) is -0.463. The number of urea groups is 1. The molecule has 1 aliphatic rings. The summed E-state index contributed by atoms with van der Waals surface area (Å²) in [5, 5.41) is 3.84. The predicted octanol–water partition coefficient (Wildman–Crippen LogP) is -1.41. The van der Waals surface area contributed by atoms with E-state index in [1.54, 1.807) is 0 Å². The standard InChI is InChI=1S/C9H11ClN4O5S/c10-4-2-20(18,19)3-6(4)13-9(17)12-5-1-11-8(16)14-7(5)15/h1,4,6H,2-3H2,(H2,12,13,17)(H2,11,14,15,16)/t4-,6+/m0/s1. The van der Waals surface area contributed by atoms with Crippen molar-refractivity contribution in [3.63, 3.8) is 0 Å². The van der Waals surface area contributed by atoms with Crippen LogP contribution in [0.25, 0.3) is 0 Å². The number of sulfone groups is 1. The van der Waals surface area contributed by atoms with Crippen LogP contribution < -0.4 is 21.9 Å². The fraction of sp³-hybridized carbons (Fsp3) is 0.444. The highest BCUT2D eigenvalue weighted by Crippen LogP contribution is 2.17. The number of hydrogen-bond acceptors (Lipinski definition) is 5. The van der Waals surface area contributed by atoms with Gasteiger partial charge in [-0.2, -0.15) is 0 Å². The Morgan fingerprint density at radius 1 is 1.35 bits per heavy atom. The summed E-state index contributed by atoms with van der Waals surface area (Å²) in [4.78, 5) is 37.9. The number of carbonyl (C=O) groups is 1. The summed E-state index contributed by atoms with van der Waals surface area (Å²) in [6.45, 7) is 0. The molecule has 110 valence electrons. The normalized spacial score (nSPS) is 24.2. The summed E-state index contributed by atoms with van der Waals surface area (Å²) in [5.41, 5.74) is -1.65. The molecule has 1 fully saturated rings. The third kappa shape index (κ3) is 3.39. The molecule has 2 heterocycles. The molecular weight excluding hydrogens is 312 g/mol. The molecule has 0 saturated carbocycles. The number of anilines is 1. The second kappa shape index (κ2) is 5.29. The van der Waals surface area contributed by atoms with Gasteiger partial charge in [0.15, 0.2) is 9.84 Å². The van der Waals surface area contributed by atoms with Gasteiger partial charge in [0, 0.05) is 6.20 Å². The van der Waals surface area contributed by atoms with E-state index in [4.69, 9.17) is 11.6 Å². The van der Waals surface area contributed by atoms with Crippen molar-refractivity contribution in [3.05, 3.63) is 27.0 Å². The Labute approximate surface area is 117 Å². The molecule has 2 rings (SSSR count). The maximum Gasteiger partial charge on any atom is 0.325 e. The third-order valence-electron chi connectivity index (χ3n) is 2.67. The molecule has 2 amide bonds. The monoisotopic (exact) mass is 322 g/mol. The fourth-order valence-corrected chi connectivity index (χ4v) is 4.32. The smallest absolute Gasteiger partial charge is 0.325 e. The number of carbonyl (C=O) groups excluding carboxylic acids is 1. The van der Waals surface area contributed by atoms with E-state index in [0.29, 0.717) is 0 Å². The molecular formula is C9H11ClN4O5S. The van der Waals surface area contributed by atoms with E-state index in [1.165, 1.54) is 0 Å². The zero-order valence-electron chi connectivity index (χ0n) is 9.97. The van der Waals surface area contributed by atoms with Gasteiger partial charge in [-0.25, -0.2) is 18.0 Å². The first-order chi connectivity index (χ1) is 9.27. The molecule has 4 N–H and O–H groups in total. The molecule has 1 aromatic rings. The Morgan fingerprint density at radius 2 is 2.05 bits per heavy atom. The number of halogens is 1. The number of aromatic nitrogens is 2. The van der Waals surface area contributed by atoms with Crippen LogP contribution in [0, 0.1) is 0 Å². The molecule has 2 atom stereocenters. The summed E-state index contributed by atoms with van der Waals surface area (Å²) in [6.07, 6.45) is 1.03. The van der Waals surface area contributed by atoms with E-state index < -0.39 is 38.5 Å². The minimum Gasteiger partial charge on any atom is -0.333 e. The van der Waals surface area contributed by atoms with Gasteiger partial charge in [0.2, 0.25) is 0 Å². The number of aromatic amines is 2. The van der Waals surface area contributed by atoms with Gasteiger partial charge in [0.25, 0.3) is 5.56 Å². The summed E-state index contributed by atoms with van der Waals surface area (Å²) >= 11 is 5.82. The van der Waals surface area contributed by atoms with E-state index in [2.05, 4.69) is 15.6 Å². The average Bonchev–Trinajstić information content (AvgIpc) is 2.56. The van der Waals surface area contributed by atoms with Crippen LogP contribution in [0.3, 0.4) is 0 Å². The SMILES string of the molecule is O=C(Nc1c[nH]c(=O)[nH]c1=O)N[C@@H]1CS(=O)(=O)C[C@@H]1Cl. The Morgan fingerprint density at radius 3 is 2.60 bits per heavy atom. The van der Waals surface area contributed by atoms with Gasteiger partial charge >= 0.3 is 11.7 Å². The van der Waals surface area contributed by atoms with Gasteiger partial charge in [0.05, 0.1) is 22.9 Å². The van der Waals surface area contributed by atoms with Crippen LogP contribution in [-0.4, -0.2) is 47.3 Å². The Kier molecular flexibility index (Phi) is 3.86. The first-order valence-corrected chi connectivity index (χ1v) is 7.76. The zero-order valence-corrected chi connectivity index (χ0v) is 11.5. The highest BCUT2D eigenvalue weighted by Gasteiger charge is 2.37. The largest absolute Gasteiger partial charge is 0.333 e. The van der Waals surface area contributed by atoms with Crippen LogP contribution in [0.4, 0.5) is 10.5 Å². The maximum absolute atomic E-state index is 11.6. The molecule has 9 nitrogen and oxygen atoms in total. The lowest BCUT2D eigenvalue weighted by Gasteiger charge is -2.14. The highest BCUT2D eigenvalue weighted by atomic mass is 35.5. The average molecular weight is 323 g/mol. The van der Waals surface area contributed by atoms with Gasteiger partial charge in [-0.05, 0) is 0 Å². The van der Waals surface area contributed by atoms with Crippen molar-refractivity contribution in [2.24, 2.45) is 0 Å². The quantitative estimate of drug-likeness (QED) is 0.495. The topological polar surface area (TPSA) is 141 Å². The molecule has 20 heavy (non-hydrogen) atoms. The molecule has 0 unspecified atom stereocenters. The van der Waals surface area contributed by atoms with E-state index >= 15 is 0 Å². The molecule has 0 aliphatic carbocycles. The molecule has 0 radical (unpaired) electrons. The summed E-state index contributed by atoms with van der Waals surface area (Å²) in [7, 11) is -3.27. The van der Waals surface area contributed by atoms with Gasteiger partial charge in [-0.3, -0.25) is 9.78 Å². The Bertz CT molecular complexity index is 739. The van der Waals surface area contributed by atoms with Gasteiger partial charge in [-0.1, -0.05) is 0 Å². The van der Waals surface area contributed by atoms with E-state index in [0.717, 1.165) is 6.20 Å². The molecule has 1 aliphatic heterocycles. The lowest BCUT2D eigenvalue weighted by atomic mass is 10.2. The maximum atomic E-state index is 11.6. The number of rotatable bonds is 2. The van der Waals surface area contributed by atoms with Crippen LogP contribution in [0.5, 0.6) is 0 Å². The van der Waals surface area contributed by atoms with Crippen molar-refractivity contribution in [1.29, 1.82) is 0 Å². The van der Waals surface area contributed by atoms with Crippen LogP contribution in [0.1, 0.15) is 0 Å². The van der Waals surface area contributed by atoms with Crippen molar-refractivity contribution in [2.75, 3.05) is 16.8 Å².